The first-order valence-corrected chi connectivity index (χ1v) is 8.11. The van der Waals surface area contributed by atoms with Crippen LogP contribution < -0.4 is 5.73 Å². The van der Waals surface area contributed by atoms with Crippen molar-refractivity contribution < 1.29 is 9.47 Å². The lowest BCUT2D eigenvalue weighted by molar-refractivity contribution is -0.122. The van der Waals surface area contributed by atoms with E-state index in [1.807, 2.05) is 7.05 Å². The molecule has 0 radical (unpaired) electrons. The second-order valence-electron chi connectivity index (χ2n) is 7.13. The Morgan fingerprint density at radius 1 is 1.14 bits per heavy atom. The maximum atomic E-state index is 6.02. The minimum absolute atomic E-state index is 0.199. The van der Waals surface area contributed by atoms with Crippen LogP contribution in [0.15, 0.2) is 4.99 Å². The molecular weight excluding hydrogens is 280 g/mol. The molecule has 0 aliphatic carbocycles. The van der Waals surface area contributed by atoms with Crippen LogP contribution >= 0.6 is 0 Å². The van der Waals surface area contributed by atoms with Crippen LogP contribution in [0.1, 0.15) is 34.1 Å². The van der Waals surface area contributed by atoms with Crippen molar-refractivity contribution in [3.05, 3.63) is 0 Å². The van der Waals surface area contributed by atoms with Crippen molar-refractivity contribution in [2.45, 2.75) is 45.3 Å². The first-order chi connectivity index (χ1) is 10.2. The largest absolute Gasteiger partial charge is 0.373 e. The third-order valence-electron chi connectivity index (χ3n) is 3.94. The van der Waals surface area contributed by atoms with E-state index in [1.165, 1.54) is 0 Å². The van der Waals surface area contributed by atoms with Crippen molar-refractivity contribution in [1.29, 1.82) is 0 Å². The van der Waals surface area contributed by atoms with Gasteiger partial charge in [-0.3, -0.25) is 4.99 Å². The summed E-state index contributed by atoms with van der Waals surface area (Å²) >= 11 is 0. The number of hydrogen-bond donors (Lipinski definition) is 1. The van der Waals surface area contributed by atoms with E-state index in [2.05, 4.69) is 49.5 Å². The highest BCUT2D eigenvalue weighted by Crippen LogP contribution is 2.19. The van der Waals surface area contributed by atoms with Crippen LogP contribution in [-0.2, 0) is 9.47 Å². The molecule has 0 saturated carbocycles. The zero-order chi connectivity index (χ0) is 16.8. The van der Waals surface area contributed by atoms with Gasteiger partial charge in [0.15, 0.2) is 5.96 Å². The van der Waals surface area contributed by atoms with Crippen LogP contribution in [0.3, 0.4) is 0 Å². The van der Waals surface area contributed by atoms with Gasteiger partial charge in [0.25, 0.3) is 0 Å². The smallest absolute Gasteiger partial charge is 0.196 e. The predicted molar refractivity (Wildman–Crippen MR) is 91.3 cm³/mol. The second-order valence-corrected chi connectivity index (χ2v) is 7.13. The van der Waals surface area contributed by atoms with Gasteiger partial charge >= 0.3 is 0 Å². The molecular formula is C16H34N4O2. The Morgan fingerprint density at radius 2 is 1.82 bits per heavy atom. The summed E-state index contributed by atoms with van der Waals surface area (Å²) in [6, 6.07) is 0. The standard InChI is InChI=1S/C16H34N4O2/c1-15(2,7-8-17)22-13-16(3,4)21-12-11-20-10-9-19(6)14(20)18-5/h7-13,17H2,1-6H3. The van der Waals surface area contributed by atoms with Crippen molar-refractivity contribution in [2.75, 3.05) is 53.5 Å². The van der Waals surface area contributed by atoms with Crippen LogP contribution in [0, 0.1) is 0 Å². The number of rotatable bonds is 9. The molecule has 1 aliphatic rings. The summed E-state index contributed by atoms with van der Waals surface area (Å²) in [5.41, 5.74) is 5.11. The van der Waals surface area contributed by atoms with E-state index < -0.39 is 0 Å². The Morgan fingerprint density at radius 3 is 2.41 bits per heavy atom. The monoisotopic (exact) mass is 314 g/mol. The first-order valence-electron chi connectivity index (χ1n) is 8.11. The molecule has 0 bridgehead atoms. The van der Waals surface area contributed by atoms with Crippen LogP contribution in [0.2, 0.25) is 0 Å². The minimum atomic E-state index is -0.305. The van der Waals surface area contributed by atoms with E-state index in [-0.39, 0.29) is 11.2 Å². The van der Waals surface area contributed by atoms with Crippen LogP contribution in [0.5, 0.6) is 0 Å². The molecule has 0 aromatic rings. The van der Waals surface area contributed by atoms with Gasteiger partial charge in [-0.25, -0.2) is 0 Å². The maximum Gasteiger partial charge on any atom is 0.196 e. The van der Waals surface area contributed by atoms with Gasteiger partial charge in [0.2, 0.25) is 0 Å². The van der Waals surface area contributed by atoms with E-state index >= 15 is 0 Å². The van der Waals surface area contributed by atoms with Gasteiger partial charge < -0.3 is 25.0 Å². The van der Waals surface area contributed by atoms with Gasteiger partial charge in [0.05, 0.1) is 24.4 Å². The van der Waals surface area contributed by atoms with E-state index in [0.717, 1.165) is 32.0 Å². The van der Waals surface area contributed by atoms with Gasteiger partial charge in [-0.05, 0) is 40.7 Å². The number of nitrogens with zero attached hydrogens (tertiary/aromatic N) is 3. The SMILES string of the molecule is CN=C1N(C)CCN1CCOC(C)(C)COC(C)(C)CCN. The fourth-order valence-electron chi connectivity index (χ4n) is 2.50. The Kier molecular flexibility index (Phi) is 7.09. The van der Waals surface area contributed by atoms with E-state index in [9.17, 15) is 0 Å². The molecule has 1 heterocycles. The summed E-state index contributed by atoms with van der Waals surface area (Å²) in [4.78, 5) is 8.76. The summed E-state index contributed by atoms with van der Waals surface area (Å²) in [6.45, 7) is 13.0. The van der Waals surface area contributed by atoms with Crippen molar-refractivity contribution in [1.82, 2.24) is 9.80 Å². The molecule has 2 N–H and O–H groups in total. The van der Waals surface area contributed by atoms with Crippen LogP contribution in [-0.4, -0.2) is 80.4 Å². The summed E-state index contributed by atoms with van der Waals surface area (Å²) in [7, 11) is 3.91. The molecule has 1 aliphatic heterocycles. The summed E-state index contributed by atoms with van der Waals surface area (Å²) in [6.07, 6.45) is 0.847. The Bertz CT molecular complexity index is 369. The highest BCUT2D eigenvalue weighted by Gasteiger charge is 2.26. The normalized spacial score (nSPS) is 18.6. The molecule has 0 aromatic heterocycles. The van der Waals surface area contributed by atoms with Gasteiger partial charge in [-0.1, -0.05) is 0 Å². The molecule has 1 rings (SSSR count). The van der Waals surface area contributed by atoms with Crippen molar-refractivity contribution in [3.8, 4) is 0 Å². The number of ether oxygens (including phenoxy) is 2. The molecule has 0 amide bonds. The molecule has 0 spiro atoms. The molecule has 1 fully saturated rings. The topological polar surface area (TPSA) is 63.3 Å². The number of aliphatic imine (C=N–C) groups is 1. The fourth-order valence-corrected chi connectivity index (χ4v) is 2.50. The van der Waals surface area contributed by atoms with E-state index in [0.29, 0.717) is 19.8 Å². The molecule has 130 valence electrons. The second kappa shape index (κ2) is 8.13. The molecule has 6 heteroatoms. The Balaban J connectivity index is 2.34. The zero-order valence-electron chi connectivity index (χ0n) is 15.2. The average molecular weight is 314 g/mol. The van der Waals surface area contributed by atoms with Crippen LogP contribution in [0.4, 0.5) is 0 Å². The van der Waals surface area contributed by atoms with Gasteiger partial charge in [-0.15, -0.1) is 0 Å². The lowest BCUT2D eigenvalue weighted by Crippen LogP contribution is -2.40. The Hall–Kier alpha value is -0.850. The molecule has 22 heavy (non-hydrogen) atoms. The summed E-state index contributed by atoms with van der Waals surface area (Å²) in [5.74, 6) is 1.04. The predicted octanol–water partition coefficient (Wildman–Crippen LogP) is 1.16. The van der Waals surface area contributed by atoms with Gasteiger partial charge in [0.1, 0.15) is 0 Å². The summed E-state index contributed by atoms with van der Waals surface area (Å²) < 4.78 is 12.0. The van der Waals surface area contributed by atoms with Gasteiger partial charge in [-0.2, -0.15) is 0 Å². The van der Waals surface area contributed by atoms with Gasteiger partial charge in [0, 0.05) is 33.7 Å². The van der Waals surface area contributed by atoms with Crippen molar-refractivity contribution in [2.24, 2.45) is 10.7 Å². The number of guanidine groups is 1. The molecule has 1 saturated heterocycles. The molecule has 0 aromatic carbocycles. The highest BCUT2D eigenvalue weighted by molar-refractivity contribution is 5.81. The fraction of sp³-hybridized carbons (Fsp3) is 0.938. The quantitative estimate of drug-likeness (QED) is 0.692. The van der Waals surface area contributed by atoms with Crippen molar-refractivity contribution >= 4 is 5.96 Å². The molecule has 6 nitrogen and oxygen atoms in total. The summed E-state index contributed by atoms with van der Waals surface area (Å²) in [5, 5.41) is 0. The van der Waals surface area contributed by atoms with E-state index in [4.69, 9.17) is 15.2 Å². The molecule has 0 atom stereocenters. The zero-order valence-corrected chi connectivity index (χ0v) is 15.2. The molecule has 0 unspecified atom stereocenters. The lowest BCUT2D eigenvalue weighted by atomic mass is 10.0. The third kappa shape index (κ3) is 6.10. The lowest BCUT2D eigenvalue weighted by Gasteiger charge is -2.32. The first kappa shape index (κ1) is 19.2. The number of nitrogens with two attached hydrogens (primary N) is 1. The average Bonchev–Trinajstić information content (AvgIpc) is 2.77. The van der Waals surface area contributed by atoms with Crippen LogP contribution in [0.25, 0.3) is 0 Å². The number of hydrogen-bond acceptors (Lipinski definition) is 4. The Labute approximate surface area is 135 Å². The number of likely N-dealkylation sites (N-methyl/N-ethyl adjacent to an activating group) is 1. The van der Waals surface area contributed by atoms with E-state index in [1.54, 1.807) is 0 Å². The van der Waals surface area contributed by atoms with Crippen molar-refractivity contribution in [3.63, 3.8) is 0 Å². The third-order valence-corrected chi connectivity index (χ3v) is 3.94. The highest BCUT2D eigenvalue weighted by atomic mass is 16.6. The maximum absolute atomic E-state index is 6.02. The minimum Gasteiger partial charge on any atom is -0.373 e.